The number of rotatable bonds is 5. The molecule has 6 heteroatoms. The van der Waals surface area contributed by atoms with Crippen molar-refractivity contribution in [3.63, 3.8) is 0 Å². The van der Waals surface area contributed by atoms with E-state index in [1.165, 1.54) is 5.56 Å². The average molecular weight is 382 g/mol. The molecule has 2 rings (SSSR count). The fourth-order valence-electron chi connectivity index (χ4n) is 3.08. The largest absolute Gasteiger partial charge is 0.353 e. The summed E-state index contributed by atoms with van der Waals surface area (Å²) in [5.41, 5.74) is 7.75. The third-order valence-electron chi connectivity index (χ3n) is 4.79. The van der Waals surface area contributed by atoms with E-state index in [0.29, 0.717) is 18.5 Å². The van der Waals surface area contributed by atoms with Crippen LogP contribution in [0.3, 0.4) is 0 Å². The first-order valence-electron chi connectivity index (χ1n) is 9.19. The second-order valence-electron chi connectivity index (χ2n) is 8.01. The molecule has 1 saturated carbocycles. The van der Waals surface area contributed by atoms with Crippen molar-refractivity contribution in [1.82, 2.24) is 10.6 Å². The molecule has 1 aliphatic rings. The molecular weight excluding hydrogens is 350 g/mol. The molecule has 0 saturated heterocycles. The summed E-state index contributed by atoms with van der Waals surface area (Å²) >= 11 is 0. The van der Waals surface area contributed by atoms with E-state index in [4.69, 9.17) is 5.73 Å². The number of nitrogens with two attached hydrogens (primary N) is 1. The lowest BCUT2D eigenvalue weighted by molar-refractivity contribution is -0.121. The summed E-state index contributed by atoms with van der Waals surface area (Å²) in [4.78, 5) is 24.1. The highest BCUT2D eigenvalue weighted by Gasteiger charge is 2.20. The third-order valence-corrected chi connectivity index (χ3v) is 4.79. The highest BCUT2D eigenvalue weighted by molar-refractivity contribution is 5.94. The fraction of sp³-hybridized carbons (Fsp3) is 0.600. The van der Waals surface area contributed by atoms with Crippen molar-refractivity contribution in [3.8, 4) is 0 Å². The number of amides is 2. The molecule has 5 nitrogen and oxygen atoms in total. The minimum atomic E-state index is -0.142. The first-order valence-corrected chi connectivity index (χ1v) is 9.19. The normalized spacial score (nSPS) is 20.0. The van der Waals surface area contributed by atoms with Crippen molar-refractivity contribution in [1.29, 1.82) is 0 Å². The zero-order valence-corrected chi connectivity index (χ0v) is 16.8. The number of hydrogen-bond acceptors (Lipinski definition) is 3. The Labute approximate surface area is 162 Å². The first kappa shape index (κ1) is 22.5. The third kappa shape index (κ3) is 6.96. The van der Waals surface area contributed by atoms with Crippen LogP contribution in [-0.4, -0.2) is 30.4 Å². The van der Waals surface area contributed by atoms with Gasteiger partial charge < -0.3 is 16.4 Å². The van der Waals surface area contributed by atoms with Gasteiger partial charge in [-0.2, -0.15) is 0 Å². The van der Waals surface area contributed by atoms with Crippen LogP contribution < -0.4 is 16.4 Å². The van der Waals surface area contributed by atoms with Gasteiger partial charge in [0.15, 0.2) is 0 Å². The van der Waals surface area contributed by atoms with Crippen LogP contribution in [0.25, 0.3) is 0 Å². The number of nitrogens with one attached hydrogen (secondary N) is 2. The van der Waals surface area contributed by atoms with Gasteiger partial charge in [-0.15, -0.1) is 12.4 Å². The molecule has 0 unspecified atom stereocenters. The van der Waals surface area contributed by atoms with Gasteiger partial charge in [0.05, 0.1) is 0 Å². The van der Waals surface area contributed by atoms with E-state index in [1.54, 1.807) is 0 Å². The lowest BCUT2D eigenvalue weighted by Crippen LogP contribution is -2.41. The van der Waals surface area contributed by atoms with Gasteiger partial charge in [-0.05, 0) is 48.8 Å². The number of halogens is 1. The second-order valence-corrected chi connectivity index (χ2v) is 8.01. The van der Waals surface area contributed by atoms with Crippen molar-refractivity contribution in [2.45, 2.75) is 70.4 Å². The van der Waals surface area contributed by atoms with Gasteiger partial charge >= 0.3 is 0 Å². The van der Waals surface area contributed by atoms with Crippen LogP contribution in [0, 0.1) is 0 Å². The van der Waals surface area contributed by atoms with Crippen LogP contribution in [0.4, 0.5) is 0 Å². The monoisotopic (exact) mass is 381 g/mol. The lowest BCUT2D eigenvalue weighted by atomic mass is 9.87. The highest BCUT2D eigenvalue weighted by atomic mass is 35.5. The van der Waals surface area contributed by atoms with Crippen LogP contribution in [0.1, 0.15) is 68.8 Å². The molecule has 0 radical (unpaired) electrons. The average Bonchev–Trinajstić information content (AvgIpc) is 2.56. The van der Waals surface area contributed by atoms with Gasteiger partial charge in [-0.25, -0.2) is 0 Å². The predicted octanol–water partition coefficient (Wildman–Crippen LogP) is 2.91. The molecule has 0 spiro atoms. The zero-order valence-electron chi connectivity index (χ0n) is 16.0. The molecule has 2 amide bonds. The molecule has 0 aromatic heterocycles. The minimum Gasteiger partial charge on any atom is -0.353 e. The number of benzene rings is 1. The van der Waals surface area contributed by atoms with Crippen LogP contribution in [0.5, 0.6) is 0 Å². The number of carbonyl (C=O) groups excluding carboxylic acids is 2. The molecule has 26 heavy (non-hydrogen) atoms. The Kier molecular flexibility index (Phi) is 8.57. The molecule has 0 heterocycles. The van der Waals surface area contributed by atoms with E-state index < -0.39 is 0 Å². The Morgan fingerprint density at radius 1 is 1.08 bits per heavy atom. The summed E-state index contributed by atoms with van der Waals surface area (Å²) in [6, 6.07) is 8.14. The topological polar surface area (TPSA) is 84.2 Å². The van der Waals surface area contributed by atoms with Gasteiger partial charge in [-0.3, -0.25) is 9.59 Å². The summed E-state index contributed by atoms with van der Waals surface area (Å²) in [7, 11) is 0. The van der Waals surface area contributed by atoms with Crippen molar-refractivity contribution in [2.24, 2.45) is 5.73 Å². The maximum Gasteiger partial charge on any atom is 0.251 e. The Hall–Kier alpha value is -1.59. The minimum absolute atomic E-state index is 0. The molecule has 1 fully saturated rings. The SMILES string of the molecule is CC(C)(C)c1ccc(C(=O)NCCC(=O)NC2CCC(N)CC2)cc1.Cl. The fourth-order valence-corrected chi connectivity index (χ4v) is 3.08. The van der Waals surface area contributed by atoms with Crippen LogP contribution in [0.2, 0.25) is 0 Å². The Morgan fingerprint density at radius 2 is 1.65 bits per heavy atom. The maximum atomic E-state index is 12.2. The Morgan fingerprint density at radius 3 is 2.19 bits per heavy atom. The molecule has 146 valence electrons. The quantitative estimate of drug-likeness (QED) is 0.733. The Bertz CT molecular complexity index is 588. The van der Waals surface area contributed by atoms with Crippen LogP contribution in [0.15, 0.2) is 24.3 Å². The molecule has 1 aromatic carbocycles. The van der Waals surface area contributed by atoms with E-state index in [0.717, 1.165) is 25.7 Å². The Balaban J connectivity index is 0.00000338. The van der Waals surface area contributed by atoms with Gasteiger partial charge in [0, 0.05) is 30.6 Å². The zero-order chi connectivity index (χ0) is 18.4. The smallest absolute Gasteiger partial charge is 0.251 e. The van der Waals surface area contributed by atoms with Crippen molar-refractivity contribution < 1.29 is 9.59 Å². The molecule has 4 N–H and O–H groups in total. The van der Waals surface area contributed by atoms with Gasteiger partial charge in [0.25, 0.3) is 5.91 Å². The standard InChI is InChI=1S/C20H31N3O2.ClH/c1-20(2,3)15-6-4-14(5-7-15)19(25)22-13-12-18(24)23-17-10-8-16(21)9-11-17;/h4-7,16-17H,8-13,21H2,1-3H3,(H,22,25)(H,23,24);1H. The van der Waals surface area contributed by atoms with Crippen molar-refractivity contribution in [2.75, 3.05) is 6.54 Å². The summed E-state index contributed by atoms with van der Waals surface area (Å²) in [6.07, 6.45) is 4.12. The molecule has 0 bridgehead atoms. The molecular formula is C20H32ClN3O2. The van der Waals surface area contributed by atoms with E-state index >= 15 is 0 Å². The summed E-state index contributed by atoms with van der Waals surface area (Å²) < 4.78 is 0. The molecule has 1 aromatic rings. The van der Waals surface area contributed by atoms with Gasteiger partial charge in [-0.1, -0.05) is 32.9 Å². The highest BCUT2D eigenvalue weighted by Crippen LogP contribution is 2.22. The van der Waals surface area contributed by atoms with Crippen LogP contribution in [-0.2, 0) is 10.2 Å². The second kappa shape index (κ2) is 9.93. The van der Waals surface area contributed by atoms with E-state index in [-0.39, 0.29) is 41.7 Å². The molecule has 0 aliphatic heterocycles. The number of carbonyl (C=O) groups is 2. The summed E-state index contributed by atoms with van der Waals surface area (Å²) in [5, 5.41) is 5.84. The van der Waals surface area contributed by atoms with Gasteiger partial charge in [0.1, 0.15) is 0 Å². The number of hydrogen-bond donors (Lipinski definition) is 3. The first-order chi connectivity index (χ1) is 11.8. The van der Waals surface area contributed by atoms with Crippen LogP contribution >= 0.6 is 12.4 Å². The van der Waals surface area contributed by atoms with E-state index in [2.05, 4.69) is 31.4 Å². The molecule has 0 atom stereocenters. The van der Waals surface area contributed by atoms with Crippen molar-refractivity contribution >= 4 is 24.2 Å². The summed E-state index contributed by atoms with van der Waals surface area (Å²) in [5.74, 6) is -0.152. The van der Waals surface area contributed by atoms with E-state index in [9.17, 15) is 9.59 Å². The predicted molar refractivity (Wildman–Crippen MR) is 108 cm³/mol. The van der Waals surface area contributed by atoms with Gasteiger partial charge in [0.2, 0.25) is 5.91 Å². The lowest BCUT2D eigenvalue weighted by Gasteiger charge is -2.26. The summed E-state index contributed by atoms with van der Waals surface area (Å²) in [6.45, 7) is 6.76. The van der Waals surface area contributed by atoms with Crippen molar-refractivity contribution in [3.05, 3.63) is 35.4 Å². The molecule has 1 aliphatic carbocycles. The van der Waals surface area contributed by atoms with E-state index in [1.807, 2.05) is 24.3 Å². The maximum absolute atomic E-state index is 12.2.